The topological polar surface area (TPSA) is 50.9 Å². The van der Waals surface area contributed by atoms with Crippen LogP contribution in [0.1, 0.15) is 132 Å². The second-order valence-corrected chi connectivity index (χ2v) is 25.0. The zero-order chi connectivity index (χ0) is 51.7. The molecule has 0 bridgehead atoms. The first kappa shape index (κ1) is 53.0. The van der Waals surface area contributed by atoms with Gasteiger partial charge in [0, 0.05) is 44.1 Å². The zero-order valence-corrected chi connectivity index (χ0v) is 47.9. The number of nitrogens with zero attached hydrogens (tertiary/aromatic N) is 3. The minimum absolute atomic E-state index is 0. The Kier molecular flexibility index (Phi) is 14.1. The first-order chi connectivity index (χ1) is 33.8. The molecule has 376 valence electrons. The van der Waals surface area contributed by atoms with Crippen molar-refractivity contribution in [3.63, 3.8) is 0 Å². The van der Waals surface area contributed by atoms with Gasteiger partial charge in [-0.15, -0.1) is 23.8 Å². The summed E-state index contributed by atoms with van der Waals surface area (Å²) in [5.41, 5.74) is 18.8. The van der Waals surface area contributed by atoms with Crippen molar-refractivity contribution in [1.29, 1.82) is 0 Å². The van der Waals surface area contributed by atoms with Gasteiger partial charge in [0.05, 0.1) is 22.3 Å². The molecule has 4 nitrogen and oxygen atoms in total. The van der Waals surface area contributed by atoms with Crippen LogP contribution in [-0.2, 0) is 48.1 Å². The number of aromatic hydroxyl groups is 1. The maximum atomic E-state index is 12.7. The van der Waals surface area contributed by atoms with Crippen molar-refractivity contribution in [2.45, 2.75) is 131 Å². The van der Waals surface area contributed by atoms with Crippen LogP contribution < -0.4 is 0 Å². The first-order valence-electron chi connectivity index (χ1n) is 25.6. The van der Waals surface area contributed by atoms with Crippen molar-refractivity contribution in [2.24, 2.45) is 0 Å². The molecular weight excluding hydrogens is 1070 g/mol. The number of hydrogen-bond acceptors (Lipinski definition) is 3. The molecule has 7 aromatic carbocycles. The summed E-state index contributed by atoms with van der Waals surface area (Å²) < 4.78 is 2.28. The van der Waals surface area contributed by atoms with Gasteiger partial charge in [0.1, 0.15) is 11.6 Å². The van der Waals surface area contributed by atoms with Crippen LogP contribution >= 0.6 is 0 Å². The summed E-state index contributed by atoms with van der Waals surface area (Å²) in [4.78, 5) is 10.8. The van der Waals surface area contributed by atoms with Crippen LogP contribution in [0.15, 0.2) is 158 Å². The van der Waals surface area contributed by atoms with E-state index in [-0.39, 0.29) is 53.9 Å². The molecule has 2 heterocycles. The predicted octanol–water partition coefficient (Wildman–Crippen LogP) is 18.4. The van der Waals surface area contributed by atoms with Crippen LogP contribution in [0.2, 0.25) is 0 Å². The molecule has 0 radical (unpaired) electrons. The minimum atomic E-state index is -0.343. The SMILES string of the molecule is CC(C)(C)c1cc(-c2ccnc(-c3[c-]c(-c4cccc5c4nc(-c4cc(C(C)(C)C)cc(C(C)(C)C)c4O)n5-c4ccc(C(C)(C)C)cc4-c4ccccc4)cc(-c4ccccc4)c3)c2)cc(C(C)(C)C)c1.[Pt]. The second kappa shape index (κ2) is 19.5. The molecule has 0 amide bonds. The summed E-state index contributed by atoms with van der Waals surface area (Å²) in [5.74, 6) is 0.919. The Morgan fingerprint density at radius 2 is 0.973 bits per heavy atom. The molecule has 0 saturated heterocycles. The summed E-state index contributed by atoms with van der Waals surface area (Å²) in [6, 6.07) is 58.6. The van der Waals surface area contributed by atoms with E-state index in [2.05, 4.69) is 266 Å². The third-order valence-electron chi connectivity index (χ3n) is 14.2. The van der Waals surface area contributed by atoms with E-state index in [4.69, 9.17) is 9.97 Å². The van der Waals surface area contributed by atoms with E-state index < -0.39 is 0 Å². The van der Waals surface area contributed by atoms with Crippen LogP contribution in [0, 0.1) is 6.07 Å². The summed E-state index contributed by atoms with van der Waals surface area (Å²) in [7, 11) is 0. The number of aromatic nitrogens is 3. The standard InChI is InChI=1S/C68H72N3O.Pt/c1-64(2,3)50-29-30-59(55(40-50)44-25-20-17-21-26-44)71-60-28-22-27-54(61(60)70-63(71)56-41-53(67(10,11)12)42-57(62(56)72)68(13,14)15)48-33-46(43-23-18-16-19-24-43)34-49(35-48)58-38-45(31-32-69-58)47-36-51(65(4,5)6)39-52(37-47)66(7,8)9;/h16-34,36-42,72H,1-15H3;/q-1;. The molecule has 0 aliphatic rings. The van der Waals surface area contributed by atoms with Crippen LogP contribution in [0.25, 0.3) is 83.9 Å². The molecule has 0 spiro atoms. The third-order valence-corrected chi connectivity index (χ3v) is 14.2. The van der Waals surface area contributed by atoms with Crippen molar-refractivity contribution in [1.82, 2.24) is 14.5 Å². The number of benzene rings is 7. The summed E-state index contributed by atoms with van der Waals surface area (Å²) >= 11 is 0. The van der Waals surface area contributed by atoms with Gasteiger partial charge in [-0.1, -0.05) is 230 Å². The van der Waals surface area contributed by atoms with Gasteiger partial charge in [0.25, 0.3) is 0 Å². The van der Waals surface area contributed by atoms with E-state index in [1.54, 1.807) is 0 Å². The van der Waals surface area contributed by atoms with Gasteiger partial charge in [0.2, 0.25) is 0 Å². The molecule has 9 rings (SSSR count). The van der Waals surface area contributed by atoms with Gasteiger partial charge in [0.15, 0.2) is 0 Å². The van der Waals surface area contributed by atoms with E-state index in [0.29, 0.717) is 11.4 Å². The van der Waals surface area contributed by atoms with Gasteiger partial charge in [-0.3, -0.25) is 9.55 Å². The number of fused-ring (bicyclic) bond motifs is 1. The Labute approximate surface area is 450 Å². The molecule has 0 atom stereocenters. The average Bonchev–Trinajstić information content (AvgIpc) is 3.72. The molecule has 5 heteroatoms. The largest absolute Gasteiger partial charge is 0.507 e. The molecule has 0 fully saturated rings. The van der Waals surface area contributed by atoms with Gasteiger partial charge in [-0.05, 0) is 102 Å². The second-order valence-electron chi connectivity index (χ2n) is 25.0. The van der Waals surface area contributed by atoms with Crippen LogP contribution in [0.5, 0.6) is 5.75 Å². The van der Waals surface area contributed by atoms with Crippen LogP contribution in [-0.4, -0.2) is 19.6 Å². The molecule has 0 aliphatic heterocycles. The summed E-state index contributed by atoms with van der Waals surface area (Å²) in [5, 5.41) is 12.7. The Bertz CT molecular complexity index is 3440. The van der Waals surface area contributed by atoms with Gasteiger partial charge < -0.3 is 5.11 Å². The van der Waals surface area contributed by atoms with Crippen molar-refractivity contribution < 1.29 is 26.2 Å². The van der Waals surface area contributed by atoms with E-state index in [9.17, 15) is 5.11 Å². The maximum Gasteiger partial charge on any atom is 0.148 e. The molecular formula is C68H72N3OPt-. The van der Waals surface area contributed by atoms with Crippen molar-refractivity contribution in [3.05, 3.63) is 192 Å². The molecule has 9 aromatic rings. The Morgan fingerprint density at radius 1 is 0.425 bits per heavy atom. The van der Waals surface area contributed by atoms with E-state index in [1.807, 2.05) is 6.20 Å². The smallest absolute Gasteiger partial charge is 0.148 e. The van der Waals surface area contributed by atoms with E-state index in [0.717, 1.165) is 78.0 Å². The Balaban J connectivity index is 0.00000711. The maximum absolute atomic E-state index is 12.7. The number of pyridine rings is 1. The van der Waals surface area contributed by atoms with Crippen LogP contribution in [0.3, 0.4) is 0 Å². The monoisotopic (exact) mass is 1140 g/mol. The summed E-state index contributed by atoms with van der Waals surface area (Å²) in [6.45, 7) is 33.7. The van der Waals surface area contributed by atoms with Crippen molar-refractivity contribution in [3.8, 4) is 78.6 Å². The van der Waals surface area contributed by atoms with Gasteiger partial charge >= 0.3 is 0 Å². The fourth-order valence-corrected chi connectivity index (χ4v) is 9.67. The number of phenolic OH excluding ortho intramolecular Hbond substituents is 1. The molecule has 73 heavy (non-hydrogen) atoms. The average molecular weight is 1140 g/mol. The molecule has 0 saturated carbocycles. The molecule has 0 aliphatic carbocycles. The third kappa shape index (κ3) is 10.8. The predicted molar refractivity (Wildman–Crippen MR) is 305 cm³/mol. The Hall–Kier alpha value is -6.35. The number of phenols is 1. The number of imidazole rings is 1. The molecule has 2 aromatic heterocycles. The van der Waals surface area contributed by atoms with Gasteiger partial charge in [-0.2, -0.15) is 0 Å². The fraction of sp³-hybridized carbons (Fsp3) is 0.294. The Morgan fingerprint density at radius 3 is 1.56 bits per heavy atom. The number of hydrogen-bond donors (Lipinski definition) is 1. The molecule has 1 N–H and O–H groups in total. The van der Waals surface area contributed by atoms with Gasteiger partial charge in [-0.25, -0.2) is 4.98 Å². The number of rotatable bonds is 7. The summed E-state index contributed by atoms with van der Waals surface area (Å²) in [6.07, 6.45) is 1.93. The first-order valence-corrected chi connectivity index (χ1v) is 25.6. The van der Waals surface area contributed by atoms with E-state index in [1.165, 1.54) is 22.3 Å². The number of para-hydroxylation sites is 1. The molecule has 0 unspecified atom stereocenters. The minimum Gasteiger partial charge on any atom is -0.507 e. The fourth-order valence-electron chi connectivity index (χ4n) is 9.67. The van der Waals surface area contributed by atoms with Crippen molar-refractivity contribution >= 4 is 11.0 Å². The zero-order valence-electron chi connectivity index (χ0n) is 45.6. The van der Waals surface area contributed by atoms with Crippen molar-refractivity contribution in [2.75, 3.05) is 0 Å². The normalized spacial score (nSPS) is 12.5. The van der Waals surface area contributed by atoms with Crippen LogP contribution in [0.4, 0.5) is 0 Å². The van der Waals surface area contributed by atoms with E-state index >= 15 is 0 Å². The quantitative estimate of drug-likeness (QED) is 0.162.